The zero-order valence-electron chi connectivity index (χ0n) is 18.8. The fourth-order valence-electron chi connectivity index (χ4n) is 1.32. The van der Waals surface area contributed by atoms with Crippen LogP contribution < -0.4 is 9.47 Å². The second-order valence-corrected chi connectivity index (χ2v) is 4.45. The summed E-state index contributed by atoms with van der Waals surface area (Å²) in [5.41, 5.74) is 0. The van der Waals surface area contributed by atoms with E-state index < -0.39 is 0 Å². The van der Waals surface area contributed by atoms with Crippen LogP contribution in [0.25, 0.3) is 0 Å². The van der Waals surface area contributed by atoms with Crippen LogP contribution in [0.2, 0.25) is 0 Å². The third-order valence-electron chi connectivity index (χ3n) is 2.51. The first-order chi connectivity index (χ1) is 13.7. The zero-order chi connectivity index (χ0) is 22.0. The van der Waals surface area contributed by atoms with Crippen molar-refractivity contribution in [1.82, 2.24) is 0 Å². The fraction of sp³-hybridized carbons (Fsp3) is 0.417. The van der Waals surface area contributed by atoms with E-state index in [-0.39, 0.29) is 43.8 Å². The zero-order valence-corrected chi connectivity index (χ0v) is 23.0. The third-order valence-corrected chi connectivity index (χ3v) is 2.51. The Kier molecular flexibility index (Phi) is 38.2. The smallest absolute Gasteiger partial charge is 0.516 e. The molecule has 2 aromatic carbocycles. The van der Waals surface area contributed by atoms with Crippen molar-refractivity contribution < 1.29 is 50.8 Å². The maximum Gasteiger partial charge on any atom is 2.00 e. The van der Waals surface area contributed by atoms with E-state index in [0.29, 0.717) is 6.61 Å². The van der Waals surface area contributed by atoms with Crippen molar-refractivity contribution in [2.75, 3.05) is 13.2 Å². The van der Waals surface area contributed by atoms with Gasteiger partial charge in [0, 0.05) is 18.1 Å². The minimum atomic E-state index is -0.366. The van der Waals surface area contributed by atoms with Gasteiger partial charge in [0.15, 0.2) is 0 Å². The summed E-state index contributed by atoms with van der Waals surface area (Å²) in [5.74, 6) is 1.57. The fourth-order valence-corrected chi connectivity index (χ4v) is 1.32. The number of hydrogen-bond donors (Lipinski definition) is 2. The van der Waals surface area contributed by atoms with Crippen LogP contribution in [0.5, 0.6) is 11.5 Å². The van der Waals surface area contributed by atoms with E-state index in [4.69, 9.17) is 14.6 Å². The summed E-state index contributed by atoms with van der Waals surface area (Å²) in [5, 5.41) is 16.8. The van der Waals surface area contributed by atoms with Crippen LogP contribution in [0, 0.1) is 43.2 Å². The molecule has 2 rings (SSSR count). The van der Waals surface area contributed by atoms with Crippen LogP contribution in [0.1, 0.15) is 48.0 Å². The van der Waals surface area contributed by atoms with Crippen molar-refractivity contribution in [3.8, 4) is 11.5 Å². The van der Waals surface area contributed by atoms with Crippen molar-refractivity contribution in [3.63, 3.8) is 0 Å². The third kappa shape index (κ3) is 26.8. The molecule has 5 heteroatoms. The molecular weight excluding hydrogens is 590 g/mol. The second kappa shape index (κ2) is 31.4. The van der Waals surface area contributed by atoms with Crippen LogP contribution in [0.3, 0.4) is 0 Å². The first-order valence-corrected chi connectivity index (χ1v) is 9.79. The SMILES string of the molecule is C=COc1cc[c-]cc1.CC.CC.CCC(O)COc1cc[c-]cc1.CCO.[U+2]. The summed E-state index contributed by atoms with van der Waals surface area (Å²) in [6.45, 7) is 15.6. The Bertz CT molecular complexity index is 507. The molecule has 0 amide bonds. The molecule has 0 aliphatic heterocycles. The van der Waals surface area contributed by atoms with Crippen LogP contribution in [0.15, 0.2) is 61.4 Å². The van der Waals surface area contributed by atoms with Gasteiger partial charge in [0.1, 0.15) is 6.61 Å². The number of rotatable bonds is 6. The van der Waals surface area contributed by atoms with E-state index in [0.717, 1.165) is 17.9 Å². The predicted octanol–water partition coefficient (Wildman–Crippen LogP) is 5.70. The van der Waals surface area contributed by atoms with Crippen LogP contribution >= 0.6 is 0 Å². The van der Waals surface area contributed by atoms with E-state index in [9.17, 15) is 5.11 Å². The molecule has 0 saturated carbocycles. The van der Waals surface area contributed by atoms with Gasteiger partial charge in [-0.25, -0.2) is 0 Å². The summed E-state index contributed by atoms with van der Waals surface area (Å²) in [6.07, 6.45) is 1.75. The Labute approximate surface area is 202 Å². The van der Waals surface area contributed by atoms with Gasteiger partial charge in [0.25, 0.3) is 0 Å². The van der Waals surface area contributed by atoms with E-state index in [1.165, 1.54) is 6.26 Å². The molecule has 0 aromatic heterocycles. The van der Waals surface area contributed by atoms with Crippen LogP contribution in [0.4, 0.5) is 0 Å². The molecule has 0 bridgehead atoms. The van der Waals surface area contributed by atoms with Gasteiger partial charge in [-0.3, -0.25) is 0 Å². The van der Waals surface area contributed by atoms with Gasteiger partial charge in [0.2, 0.25) is 0 Å². The largest absolute Gasteiger partial charge is 2.00 e. The molecule has 0 fully saturated rings. The molecule has 1 unspecified atom stereocenters. The number of aliphatic hydroxyl groups is 2. The molecule has 0 spiro atoms. The van der Waals surface area contributed by atoms with Gasteiger partial charge < -0.3 is 19.7 Å². The monoisotopic (exact) mass is 628 g/mol. The van der Waals surface area contributed by atoms with E-state index >= 15 is 0 Å². The maximum absolute atomic E-state index is 9.19. The average Bonchev–Trinajstić information content (AvgIpc) is 2.77. The van der Waals surface area contributed by atoms with Crippen molar-refractivity contribution in [2.24, 2.45) is 0 Å². The van der Waals surface area contributed by atoms with Gasteiger partial charge in [-0.15, -0.1) is 24.3 Å². The summed E-state index contributed by atoms with van der Waals surface area (Å²) in [7, 11) is 0. The van der Waals surface area contributed by atoms with Crippen molar-refractivity contribution in [3.05, 3.63) is 73.5 Å². The second-order valence-electron chi connectivity index (χ2n) is 4.45. The molecule has 29 heavy (non-hydrogen) atoms. The van der Waals surface area contributed by atoms with Gasteiger partial charge in [-0.2, -0.15) is 36.4 Å². The minimum absolute atomic E-state index is 0. The normalized spacial score (nSPS) is 8.83. The van der Waals surface area contributed by atoms with E-state index in [1.807, 2.05) is 58.9 Å². The quantitative estimate of drug-likeness (QED) is 0.319. The average molecular weight is 629 g/mol. The molecule has 2 aromatic rings. The molecule has 1 atom stereocenters. The van der Waals surface area contributed by atoms with Gasteiger partial charge in [-0.05, 0) is 13.3 Å². The summed E-state index contributed by atoms with van der Waals surface area (Å²) in [4.78, 5) is 0. The Morgan fingerprint density at radius 1 is 0.931 bits per heavy atom. The van der Waals surface area contributed by atoms with Crippen molar-refractivity contribution in [1.29, 1.82) is 0 Å². The standard InChI is InChI=1S/C10H13O2.C8H7O.C2H6O.2C2H6.U/c1-2-9(11)8-12-10-6-4-3-5-7-10;1-2-9-8-6-4-3-5-7-8;1-2-3;2*1-2;/h4-7,9,11H,2,8H2,1H3;2,4-7H,1H2;3H,2H2,1H3;2*1-2H3;/q2*-1;;;;+2. The maximum atomic E-state index is 9.19. The molecule has 0 heterocycles. The molecule has 0 aliphatic rings. The number of benzene rings is 2. The minimum Gasteiger partial charge on any atom is -0.516 e. The molecular formula is C24H38O4U. The number of aliphatic hydroxyl groups excluding tert-OH is 2. The Morgan fingerprint density at radius 3 is 1.66 bits per heavy atom. The molecule has 2 N–H and O–H groups in total. The number of ether oxygens (including phenoxy) is 2. The van der Waals surface area contributed by atoms with Gasteiger partial charge >= 0.3 is 31.1 Å². The summed E-state index contributed by atoms with van der Waals surface area (Å²) < 4.78 is 10.2. The van der Waals surface area contributed by atoms with E-state index in [1.54, 1.807) is 31.2 Å². The van der Waals surface area contributed by atoms with Crippen LogP contribution in [-0.4, -0.2) is 29.5 Å². The van der Waals surface area contributed by atoms with Gasteiger partial charge in [-0.1, -0.05) is 41.2 Å². The first kappa shape index (κ1) is 35.2. The Morgan fingerprint density at radius 2 is 1.31 bits per heavy atom. The molecule has 4 nitrogen and oxygen atoms in total. The molecule has 0 radical (unpaired) electrons. The van der Waals surface area contributed by atoms with Gasteiger partial charge in [0.05, 0.1) is 12.4 Å². The molecule has 0 saturated heterocycles. The van der Waals surface area contributed by atoms with Crippen molar-refractivity contribution in [2.45, 2.75) is 54.1 Å². The van der Waals surface area contributed by atoms with E-state index in [2.05, 4.69) is 18.7 Å². The molecule has 0 aliphatic carbocycles. The molecule has 162 valence electrons. The Balaban J connectivity index is -0.000000163. The summed E-state index contributed by atoms with van der Waals surface area (Å²) >= 11 is 0. The topological polar surface area (TPSA) is 58.9 Å². The van der Waals surface area contributed by atoms with Crippen LogP contribution in [-0.2, 0) is 0 Å². The predicted molar refractivity (Wildman–Crippen MR) is 119 cm³/mol. The Hall–Kier alpha value is -1.25. The number of hydrogen-bond acceptors (Lipinski definition) is 4. The van der Waals surface area contributed by atoms with Crippen molar-refractivity contribution >= 4 is 0 Å². The first-order valence-electron chi connectivity index (χ1n) is 9.79. The summed E-state index contributed by atoms with van der Waals surface area (Å²) in [6, 6.07) is 20.2.